The van der Waals surface area contributed by atoms with Gasteiger partial charge in [-0.25, -0.2) is 0 Å². The van der Waals surface area contributed by atoms with E-state index in [0.29, 0.717) is 5.92 Å². The zero-order valence-corrected chi connectivity index (χ0v) is 17.4. The zero-order chi connectivity index (χ0) is 19.1. The van der Waals surface area contributed by atoms with E-state index >= 15 is 0 Å². The van der Waals surface area contributed by atoms with Gasteiger partial charge < -0.3 is 4.90 Å². The number of hydrogen-bond acceptors (Lipinski definition) is 2. The molecule has 0 amide bonds. The van der Waals surface area contributed by atoms with Gasteiger partial charge in [-0.1, -0.05) is 13.0 Å². The highest BCUT2D eigenvalue weighted by molar-refractivity contribution is 5.86. The molecule has 3 rings (SSSR count). The molecule has 0 fully saturated rings. The number of nitrogens with zero attached hydrogens (tertiary/aromatic N) is 2. The summed E-state index contributed by atoms with van der Waals surface area (Å²) in [7, 11) is 0. The van der Waals surface area contributed by atoms with Crippen molar-refractivity contribution >= 4 is 17.6 Å². The van der Waals surface area contributed by atoms with Gasteiger partial charge in [0, 0.05) is 24.0 Å². The minimum absolute atomic E-state index is 0.211. The van der Waals surface area contributed by atoms with Crippen LogP contribution in [0.3, 0.4) is 0 Å². The summed E-state index contributed by atoms with van der Waals surface area (Å²) < 4.78 is 0. The Kier molecular flexibility index (Phi) is 4.96. The predicted octanol–water partition coefficient (Wildman–Crippen LogP) is 6.47. The number of anilines is 1. The molecule has 138 valence electrons. The third-order valence-electron chi connectivity index (χ3n) is 5.93. The fraction of sp³-hybridized carbons (Fsp3) is 0.458. The highest BCUT2D eigenvalue weighted by Gasteiger charge is 2.35. The zero-order valence-electron chi connectivity index (χ0n) is 17.4. The van der Waals surface area contributed by atoms with Gasteiger partial charge in [-0.3, -0.25) is 4.99 Å². The molecule has 0 saturated heterocycles. The second-order valence-corrected chi connectivity index (χ2v) is 8.46. The molecule has 1 aliphatic rings. The summed E-state index contributed by atoms with van der Waals surface area (Å²) >= 11 is 0. The summed E-state index contributed by atoms with van der Waals surface area (Å²) in [5.74, 6) is 0.567. The second kappa shape index (κ2) is 6.90. The SMILES string of the molecule is CCN1c2cc(C)c(C=Nc3ccc(C)c(C)c3)cc2C(C)CC1(C)C. The van der Waals surface area contributed by atoms with Crippen LogP contribution in [0.2, 0.25) is 0 Å². The first kappa shape index (κ1) is 18.7. The van der Waals surface area contributed by atoms with Crippen LogP contribution in [0.4, 0.5) is 11.4 Å². The van der Waals surface area contributed by atoms with E-state index in [4.69, 9.17) is 4.99 Å². The minimum atomic E-state index is 0.211. The van der Waals surface area contributed by atoms with Crippen molar-refractivity contribution in [1.82, 2.24) is 0 Å². The fourth-order valence-corrected chi connectivity index (χ4v) is 4.34. The maximum atomic E-state index is 4.74. The molecule has 1 atom stereocenters. The number of aliphatic imine (C=N–C) groups is 1. The first-order valence-corrected chi connectivity index (χ1v) is 9.76. The van der Waals surface area contributed by atoms with Crippen molar-refractivity contribution in [3.05, 3.63) is 58.1 Å². The lowest BCUT2D eigenvalue weighted by atomic mass is 9.79. The average Bonchev–Trinajstić information content (AvgIpc) is 2.56. The van der Waals surface area contributed by atoms with Gasteiger partial charge in [-0.2, -0.15) is 0 Å². The Labute approximate surface area is 159 Å². The first-order chi connectivity index (χ1) is 12.2. The van der Waals surface area contributed by atoms with Gasteiger partial charge in [0.15, 0.2) is 0 Å². The lowest BCUT2D eigenvalue weighted by Crippen LogP contribution is -2.48. The smallest absolute Gasteiger partial charge is 0.0632 e. The van der Waals surface area contributed by atoms with E-state index in [1.54, 1.807) is 0 Å². The van der Waals surface area contributed by atoms with Crippen LogP contribution in [-0.2, 0) is 0 Å². The van der Waals surface area contributed by atoms with E-state index in [2.05, 4.69) is 83.7 Å². The monoisotopic (exact) mass is 348 g/mol. The summed E-state index contributed by atoms with van der Waals surface area (Å²) in [6.07, 6.45) is 3.22. The molecule has 0 radical (unpaired) electrons. The van der Waals surface area contributed by atoms with Crippen molar-refractivity contribution in [2.24, 2.45) is 4.99 Å². The van der Waals surface area contributed by atoms with Crippen molar-refractivity contribution in [1.29, 1.82) is 0 Å². The predicted molar refractivity (Wildman–Crippen MR) is 114 cm³/mol. The maximum absolute atomic E-state index is 4.74. The van der Waals surface area contributed by atoms with Crippen LogP contribution >= 0.6 is 0 Å². The molecule has 1 heterocycles. The second-order valence-electron chi connectivity index (χ2n) is 8.46. The van der Waals surface area contributed by atoms with Gasteiger partial charge >= 0.3 is 0 Å². The Hall–Kier alpha value is -2.09. The molecule has 1 unspecified atom stereocenters. The summed E-state index contributed by atoms with van der Waals surface area (Å²) in [5, 5.41) is 0. The fourth-order valence-electron chi connectivity index (χ4n) is 4.34. The standard InChI is InChI=1S/C24H32N2/c1-8-26-23-12-18(4)20(13-22(23)19(5)14-24(26,6)7)15-25-21-10-9-16(2)17(3)11-21/h9-13,15,19H,8,14H2,1-7H3. The van der Waals surface area contributed by atoms with Crippen molar-refractivity contribution in [2.45, 2.75) is 66.3 Å². The van der Waals surface area contributed by atoms with Gasteiger partial charge in [0.05, 0.1) is 5.69 Å². The molecule has 0 N–H and O–H groups in total. The molecular weight excluding hydrogens is 316 g/mol. The van der Waals surface area contributed by atoms with Crippen LogP contribution in [0.25, 0.3) is 0 Å². The molecule has 2 aromatic rings. The summed E-state index contributed by atoms with van der Waals surface area (Å²) in [6, 6.07) is 11.1. The lowest BCUT2D eigenvalue weighted by molar-refractivity contribution is 0.381. The van der Waals surface area contributed by atoms with Crippen molar-refractivity contribution in [3.8, 4) is 0 Å². The minimum Gasteiger partial charge on any atom is -0.366 e. The van der Waals surface area contributed by atoms with E-state index in [1.165, 1.54) is 39.9 Å². The van der Waals surface area contributed by atoms with Gasteiger partial charge in [-0.05, 0) is 106 Å². The average molecular weight is 349 g/mol. The molecule has 2 nitrogen and oxygen atoms in total. The third-order valence-corrected chi connectivity index (χ3v) is 5.93. The van der Waals surface area contributed by atoms with E-state index in [0.717, 1.165) is 12.2 Å². The summed E-state index contributed by atoms with van der Waals surface area (Å²) in [6.45, 7) is 16.9. The highest BCUT2D eigenvalue weighted by Crippen LogP contribution is 2.44. The molecule has 0 saturated carbocycles. The van der Waals surface area contributed by atoms with E-state index in [-0.39, 0.29) is 5.54 Å². The number of aryl methyl sites for hydroxylation is 3. The van der Waals surface area contributed by atoms with Crippen molar-refractivity contribution < 1.29 is 0 Å². The summed E-state index contributed by atoms with van der Waals surface area (Å²) in [4.78, 5) is 7.30. The molecule has 2 heteroatoms. The first-order valence-electron chi connectivity index (χ1n) is 9.76. The van der Waals surface area contributed by atoms with Gasteiger partial charge in [0.1, 0.15) is 0 Å². The van der Waals surface area contributed by atoms with Crippen LogP contribution in [0, 0.1) is 20.8 Å². The van der Waals surface area contributed by atoms with Crippen LogP contribution in [-0.4, -0.2) is 18.3 Å². The molecule has 2 aromatic carbocycles. The molecule has 0 bridgehead atoms. The lowest BCUT2D eigenvalue weighted by Gasteiger charge is -2.47. The molecule has 1 aliphatic heterocycles. The Morgan fingerprint density at radius 2 is 1.81 bits per heavy atom. The molecule has 0 aromatic heterocycles. The number of benzene rings is 2. The Balaban J connectivity index is 1.99. The maximum Gasteiger partial charge on any atom is 0.0632 e. The normalized spacial score (nSPS) is 19.0. The van der Waals surface area contributed by atoms with Crippen LogP contribution in [0.1, 0.15) is 67.9 Å². The van der Waals surface area contributed by atoms with Gasteiger partial charge in [-0.15, -0.1) is 0 Å². The van der Waals surface area contributed by atoms with Crippen molar-refractivity contribution in [3.63, 3.8) is 0 Å². The number of hydrogen-bond donors (Lipinski definition) is 0. The number of rotatable bonds is 3. The van der Waals surface area contributed by atoms with Crippen LogP contribution < -0.4 is 4.90 Å². The van der Waals surface area contributed by atoms with Gasteiger partial charge in [0.25, 0.3) is 0 Å². The molecular formula is C24H32N2. The summed E-state index contributed by atoms with van der Waals surface area (Å²) in [5.41, 5.74) is 9.21. The topological polar surface area (TPSA) is 15.6 Å². The van der Waals surface area contributed by atoms with E-state index in [1.807, 2.05) is 6.21 Å². The third kappa shape index (κ3) is 3.42. The van der Waals surface area contributed by atoms with Crippen LogP contribution in [0.5, 0.6) is 0 Å². The Morgan fingerprint density at radius 3 is 2.46 bits per heavy atom. The largest absolute Gasteiger partial charge is 0.366 e. The van der Waals surface area contributed by atoms with Crippen molar-refractivity contribution in [2.75, 3.05) is 11.4 Å². The molecule has 0 aliphatic carbocycles. The van der Waals surface area contributed by atoms with E-state index in [9.17, 15) is 0 Å². The molecule has 26 heavy (non-hydrogen) atoms. The number of fused-ring (bicyclic) bond motifs is 1. The Bertz CT molecular complexity index is 846. The van der Waals surface area contributed by atoms with Crippen LogP contribution in [0.15, 0.2) is 35.3 Å². The molecule has 0 spiro atoms. The quantitative estimate of drug-likeness (QED) is 0.580. The Morgan fingerprint density at radius 1 is 1.08 bits per heavy atom. The highest BCUT2D eigenvalue weighted by atomic mass is 15.2. The van der Waals surface area contributed by atoms with Gasteiger partial charge in [0.2, 0.25) is 0 Å². The van der Waals surface area contributed by atoms with E-state index < -0.39 is 0 Å².